The van der Waals surface area contributed by atoms with Crippen molar-refractivity contribution in [3.63, 3.8) is 0 Å². The van der Waals surface area contributed by atoms with Crippen molar-refractivity contribution >= 4 is 11.6 Å². The molecule has 0 saturated carbocycles. The van der Waals surface area contributed by atoms with E-state index in [0.29, 0.717) is 13.0 Å². The fraction of sp³-hybridized carbons (Fsp3) is 0.286. The Labute approximate surface area is 163 Å². The van der Waals surface area contributed by atoms with Crippen LogP contribution in [-0.4, -0.2) is 35.4 Å². The maximum atomic E-state index is 13.0. The van der Waals surface area contributed by atoms with Gasteiger partial charge in [-0.05, 0) is 18.9 Å². The minimum atomic E-state index is -0.572. The maximum absolute atomic E-state index is 13.0. The molecule has 0 unspecified atom stereocenters. The highest BCUT2D eigenvalue weighted by atomic mass is 16.6. The molecule has 2 aromatic rings. The molecule has 1 aliphatic rings. The normalized spacial score (nSPS) is 16.1. The molecule has 0 bridgehead atoms. The number of likely N-dealkylation sites (tertiary alicyclic amines) is 1. The highest BCUT2D eigenvalue weighted by Crippen LogP contribution is 2.37. The Morgan fingerprint density at radius 1 is 1.29 bits per heavy atom. The van der Waals surface area contributed by atoms with Crippen molar-refractivity contribution in [2.75, 3.05) is 13.7 Å². The van der Waals surface area contributed by atoms with Crippen LogP contribution in [0.4, 0.5) is 5.69 Å². The first kappa shape index (κ1) is 19.4. The second-order valence-electron chi connectivity index (χ2n) is 6.79. The van der Waals surface area contributed by atoms with Gasteiger partial charge in [0.05, 0.1) is 18.1 Å². The average molecular weight is 382 g/mol. The van der Waals surface area contributed by atoms with Gasteiger partial charge >= 0.3 is 0 Å². The van der Waals surface area contributed by atoms with E-state index in [1.807, 2.05) is 37.3 Å². The van der Waals surface area contributed by atoms with E-state index < -0.39 is 10.8 Å². The third-order valence-electron chi connectivity index (χ3n) is 4.72. The van der Waals surface area contributed by atoms with Crippen molar-refractivity contribution < 1.29 is 19.2 Å². The number of nitrogens with zero attached hydrogens (tertiary/aromatic N) is 2. The van der Waals surface area contributed by atoms with Crippen LogP contribution in [0.1, 0.15) is 29.3 Å². The molecule has 146 valence electrons. The molecule has 0 aromatic heterocycles. The lowest BCUT2D eigenvalue weighted by atomic mass is 10.1. The van der Waals surface area contributed by atoms with Crippen LogP contribution in [0.25, 0.3) is 0 Å². The van der Waals surface area contributed by atoms with Gasteiger partial charge in [-0.25, -0.2) is 0 Å². The lowest BCUT2D eigenvalue weighted by Gasteiger charge is -2.21. The van der Waals surface area contributed by atoms with Gasteiger partial charge in [0.1, 0.15) is 12.2 Å². The Morgan fingerprint density at radius 3 is 2.57 bits per heavy atom. The summed E-state index contributed by atoms with van der Waals surface area (Å²) in [4.78, 5) is 25.6. The van der Waals surface area contributed by atoms with Gasteiger partial charge in [-0.15, -0.1) is 0 Å². The lowest BCUT2D eigenvalue weighted by molar-refractivity contribution is -0.385. The van der Waals surface area contributed by atoms with Crippen LogP contribution in [0.15, 0.2) is 54.6 Å². The average Bonchev–Trinajstić information content (AvgIpc) is 3.03. The quantitative estimate of drug-likeness (QED) is 0.429. The standard InChI is InChI=1S/C21H22N2O5/c1-14-9-15(2)22(12-14)21(24)17-10-19(27-3)20(11-18(17)23(25)26)28-13-16-7-5-4-6-8-16/h4-8,10-11,15H,1,9,12-13H2,2-3H3/t15-/m1/s1. The molecule has 2 aromatic carbocycles. The van der Waals surface area contributed by atoms with Gasteiger partial charge in [0.25, 0.3) is 11.6 Å². The predicted molar refractivity (Wildman–Crippen MR) is 105 cm³/mol. The molecule has 28 heavy (non-hydrogen) atoms. The van der Waals surface area contributed by atoms with Gasteiger partial charge in [-0.2, -0.15) is 0 Å². The zero-order valence-electron chi connectivity index (χ0n) is 15.9. The Balaban J connectivity index is 1.94. The number of methoxy groups -OCH3 is 1. The maximum Gasteiger partial charge on any atom is 0.286 e. The van der Waals surface area contributed by atoms with E-state index >= 15 is 0 Å². The van der Waals surface area contributed by atoms with Crippen LogP contribution in [-0.2, 0) is 6.61 Å². The van der Waals surface area contributed by atoms with Gasteiger partial charge in [0.15, 0.2) is 11.5 Å². The third-order valence-corrected chi connectivity index (χ3v) is 4.72. The largest absolute Gasteiger partial charge is 0.493 e. The molecule has 0 aliphatic carbocycles. The van der Waals surface area contributed by atoms with Crippen LogP contribution in [0.2, 0.25) is 0 Å². The van der Waals surface area contributed by atoms with Gasteiger partial charge in [-0.1, -0.05) is 42.5 Å². The second kappa shape index (κ2) is 8.12. The number of hydrogen-bond donors (Lipinski definition) is 0. The summed E-state index contributed by atoms with van der Waals surface area (Å²) >= 11 is 0. The summed E-state index contributed by atoms with van der Waals surface area (Å²) in [5.74, 6) is 0.0785. The van der Waals surface area contributed by atoms with Crippen LogP contribution < -0.4 is 9.47 Å². The third kappa shape index (κ3) is 3.98. The number of hydrogen-bond acceptors (Lipinski definition) is 5. The minimum Gasteiger partial charge on any atom is -0.493 e. The smallest absolute Gasteiger partial charge is 0.286 e. The van der Waals surface area contributed by atoms with E-state index in [1.54, 1.807) is 4.90 Å². The molecule has 1 atom stereocenters. The molecule has 7 heteroatoms. The fourth-order valence-corrected chi connectivity index (χ4v) is 3.30. The molecule has 1 heterocycles. The number of benzene rings is 2. The lowest BCUT2D eigenvalue weighted by Crippen LogP contribution is -2.34. The summed E-state index contributed by atoms with van der Waals surface area (Å²) in [7, 11) is 1.44. The first-order valence-corrected chi connectivity index (χ1v) is 8.91. The van der Waals surface area contributed by atoms with E-state index in [0.717, 1.165) is 11.1 Å². The molecule has 1 amide bonds. The number of ether oxygens (including phenoxy) is 2. The monoisotopic (exact) mass is 382 g/mol. The predicted octanol–water partition coefficient (Wildman–Crippen LogP) is 3.97. The summed E-state index contributed by atoms with van der Waals surface area (Å²) < 4.78 is 11.1. The van der Waals surface area contributed by atoms with Crippen molar-refractivity contribution in [2.24, 2.45) is 0 Å². The van der Waals surface area contributed by atoms with E-state index in [1.165, 1.54) is 19.2 Å². The fourth-order valence-electron chi connectivity index (χ4n) is 3.30. The SMILES string of the molecule is C=C1C[C@@H](C)N(C(=O)c2cc(OC)c(OCc3ccccc3)cc2[N+](=O)[O-])C1. The topological polar surface area (TPSA) is 81.9 Å². The Kier molecular flexibility index (Phi) is 5.63. The van der Waals surface area contributed by atoms with Crippen molar-refractivity contribution in [1.29, 1.82) is 0 Å². The van der Waals surface area contributed by atoms with Gasteiger partial charge in [0.2, 0.25) is 0 Å². The van der Waals surface area contributed by atoms with E-state index in [-0.39, 0.29) is 35.4 Å². The zero-order valence-corrected chi connectivity index (χ0v) is 15.9. The Morgan fingerprint density at radius 2 is 2.00 bits per heavy atom. The molecule has 1 saturated heterocycles. The number of nitro benzene ring substituents is 1. The summed E-state index contributed by atoms with van der Waals surface area (Å²) in [6, 6.07) is 12.0. The van der Waals surface area contributed by atoms with Crippen molar-refractivity contribution in [3.05, 3.63) is 75.9 Å². The van der Waals surface area contributed by atoms with Crippen molar-refractivity contribution in [2.45, 2.75) is 26.0 Å². The molecular formula is C21H22N2O5. The highest BCUT2D eigenvalue weighted by Gasteiger charge is 2.33. The zero-order chi connectivity index (χ0) is 20.3. The number of carbonyl (C=O) groups is 1. The van der Waals surface area contributed by atoms with Crippen LogP contribution in [0.3, 0.4) is 0 Å². The van der Waals surface area contributed by atoms with Gasteiger partial charge in [-0.3, -0.25) is 14.9 Å². The van der Waals surface area contributed by atoms with E-state index in [2.05, 4.69) is 6.58 Å². The first-order chi connectivity index (χ1) is 13.4. The number of nitro groups is 1. The summed E-state index contributed by atoms with van der Waals surface area (Å²) in [5.41, 5.74) is 1.52. The Hall–Kier alpha value is -3.35. The van der Waals surface area contributed by atoms with Crippen LogP contribution in [0.5, 0.6) is 11.5 Å². The molecule has 1 fully saturated rings. The van der Waals surface area contributed by atoms with E-state index in [9.17, 15) is 14.9 Å². The van der Waals surface area contributed by atoms with Crippen LogP contribution in [0, 0.1) is 10.1 Å². The van der Waals surface area contributed by atoms with Gasteiger partial charge in [0, 0.05) is 18.7 Å². The Bertz CT molecular complexity index is 911. The molecule has 0 spiro atoms. The van der Waals surface area contributed by atoms with E-state index in [4.69, 9.17) is 9.47 Å². The summed E-state index contributed by atoms with van der Waals surface area (Å²) in [6.45, 7) is 6.44. The minimum absolute atomic E-state index is 0.0181. The summed E-state index contributed by atoms with van der Waals surface area (Å²) in [6.07, 6.45) is 0.689. The highest BCUT2D eigenvalue weighted by molar-refractivity contribution is 5.99. The molecule has 0 radical (unpaired) electrons. The molecule has 1 aliphatic heterocycles. The summed E-state index contributed by atoms with van der Waals surface area (Å²) in [5, 5.41) is 11.6. The molecule has 7 nitrogen and oxygen atoms in total. The number of rotatable bonds is 6. The first-order valence-electron chi connectivity index (χ1n) is 8.91. The van der Waals surface area contributed by atoms with Crippen molar-refractivity contribution in [1.82, 2.24) is 4.90 Å². The van der Waals surface area contributed by atoms with Crippen LogP contribution >= 0.6 is 0 Å². The second-order valence-corrected chi connectivity index (χ2v) is 6.79. The number of carbonyl (C=O) groups excluding carboxylic acids is 1. The van der Waals surface area contributed by atoms with Crippen molar-refractivity contribution in [3.8, 4) is 11.5 Å². The molecule has 0 N–H and O–H groups in total. The molecular weight excluding hydrogens is 360 g/mol. The van der Waals surface area contributed by atoms with Gasteiger partial charge < -0.3 is 14.4 Å². The number of amides is 1. The molecule has 3 rings (SSSR count).